The molecule has 0 aliphatic carbocycles. The molecule has 0 radical (unpaired) electrons. The molecule has 1 aromatic heterocycles. The Morgan fingerprint density at radius 2 is 1.42 bits per heavy atom. The lowest BCUT2D eigenvalue weighted by molar-refractivity contribution is 0.145. The Morgan fingerprint density at radius 1 is 0.830 bits per heavy atom. The van der Waals surface area contributed by atoms with Gasteiger partial charge in [-0.3, -0.25) is 0 Å². The highest BCUT2D eigenvalue weighted by molar-refractivity contribution is 7.90. The third-order valence-electron chi connectivity index (χ3n) is 9.91. The van der Waals surface area contributed by atoms with E-state index in [2.05, 4.69) is 10.6 Å². The fourth-order valence-corrected chi connectivity index (χ4v) is 9.02. The molecule has 0 saturated heterocycles. The predicted molar refractivity (Wildman–Crippen MR) is 202 cm³/mol. The number of nitrogens with one attached hydrogen (secondary N) is 2. The van der Waals surface area contributed by atoms with Crippen LogP contribution in [0.15, 0.2) is 134 Å². The molecule has 272 valence electrons. The van der Waals surface area contributed by atoms with E-state index in [0.717, 1.165) is 45.9 Å². The van der Waals surface area contributed by atoms with Crippen molar-refractivity contribution in [3.05, 3.63) is 184 Å². The molecule has 0 saturated carbocycles. The Hall–Kier alpha value is -5.23. The lowest BCUT2D eigenvalue weighted by atomic mass is 9.77. The van der Waals surface area contributed by atoms with Gasteiger partial charge in [-0.05, 0) is 63.9 Å². The number of hydrogen-bond donors (Lipinski definition) is 3. The molecule has 3 atom stereocenters. The fraction of sp³-hybridized carbons (Fsp3) is 0.238. The van der Waals surface area contributed by atoms with Crippen molar-refractivity contribution in [1.82, 2.24) is 20.3 Å². The van der Waals surface area contributed by atoms with Crippen molar-refractivity contribution in [2.24, 2.45) is 0 Å². The number of aryl methyl sites for hydroxylation is 1. The highest BCUT2D eigenvalue weighted by Gasteiger charge is 2.41. The molecule has 0 amide bonds. The Morgan fingerprint density at radius 3 is 1.98 bits per heavy atom. The van der Waals surface area contributed by atoms with Crippen LogP contribution in [-0.4, -0.2) is 53.0 Å². The normalized spacial score (nSPS) is 16.4. The van der Waals surface area contributed by atoms with Gasteiger partial charge in [0.15, 0.2) is 21.2 Å². The molecule has 6 aromatic rings. The van der Waals surface area contributed by atoms with Crippen LogP contribution in [-0.2, 0) is 34.0 Å². The van der Waals surface area contributed by atoms with E-state index in [-0.39, 0.29) is 24.5 Å². The molecule has 3 N–H and O–H groups in total. The van der Waals surface area contributed by atoms with Crippen LogP contribution in [0.5, 0.6) is 0 Å². The summed E-state index contributed by atoms with van der Waals surface area (Å²) in [7, 11) is -3.38. The van der Waals surface area contributed by atoms with Gasteiger partial charge in [0.2, 0.25) is 0 Å². The SMILES string of the molecule is CCc1ccc2c(c1)C(NCC(O)C(Cc1cc(F)cc(F)c1)Nc1cnn(C(c3ccccc3)(c3ccccc3)c3ccccc3)n1)CS(=O)(=O)C2. The van der Waals surface area contributed by atoms with Crippen LogP contribution < -0.4 is 10.6 Å². The summed E-state index contributed by atoms with van der Waals surface area (Å²) < 4.78 is 54.5. The van der Waals surface area contributed by atoms with Crippen molar-refractivity contribution in [2.75, 3.05) is 17.6 Å². The van der Waals surface area contributed by atoms with Crippen LogP contribution in [0.2, 0.25) is 0 Å². The van der Waals surface area contributed by atoms with Crippen molar-refractivity contribution in [2.45, 2.75) is 49.2 Å². The van der Waals surface area contributed by atoms with Gasteiger partial charge in [0.1, 0.15) is 11.6 Å². The number of anilines is 1. The second-order valence-electron chi connectivity index (χ2n) is 13.5. The van der Waals surface area contributed by atoms with Gasteiger partial charge in [-0.1, -0.05) is 116 Å². The number of fused-ring (bicyclic) bond motifs is 1. The lowest BCUT2D eigenvalue weighted by Crippen LogP contribution is -2.45. The Balaban J connectivity index is 1.24. The standard InChI is InChI=1S/C42H41F2N5O3S/c1-2-29-18-19-31-27-53(51,52)28-39(37(31)22-29)45-25-40(50)38(23-30-20-35(43)24-36(44)21-30)47-41-26-46-49(48-41)42(32-12-6-3-7-13-32,33-14-8-4-9-15-33)34-16-10-5-11-17-34/h3-22,24,26,38-40,45,50H,2,23,25,27-28H2,1H3,(H,47,48). The zero-order valence-electron chi connectivity index (χ0n) is 29.2. The monoisotopic (exact) mass is 733 g/mol. The zero-order chi connectivity index (χ0) is 37.0. The number of rotatable bonds is 13. The van der Waals surface area contributed by atoms with Crippen molar-refractivity contribution in [1.29, 1.82) is 0 Å². The van der Waals surface area contributed by atoms with Crippen LogP contribution in [0.3, 0.4) is 0 Å². The van der Waals surface area contributed by atoms with E-state index in [1.807, 2.05) is 116 Å². The van der Waals surface area contributed by atoms with Crippen molar-refractivity contribution < 1.29 is 22.3 Å². The third-order valence-corrected chi connectivity index (χ3v) is 11.5. The van der Waals surface area contributed by atoms with Gasteiger partial charge in [0.25, 0.3) is 0 Å². The molecule has 0 fully saturated rings. The van der Waals surface area contributed by atoms with Gasteiger partial charge in [-0.25, -0.2) is 17.2 Å². The van der Waals surface area contributed by atoms with Crippen molar-refractivity contribution >= 4 is 15.7 Å². The predicted octanol–water partition coefficient (Wildman–Crippen LogP) is 6.60. The average molecular weight is 734 g/mol. The van der Waals surface area contributed by atoms with Crippen LogP contribution in [0, 0.1) is 11.6 Å². The topological polar surface area (TPSA) is 109 Å². The Kier molecular flexibility index (Phi) is 10.5. The molecule has 2 heterocycles. The first-order chi connectivity index (χ1) is 25.6. The Bertz CT molecular complexity index is 2150. The molecule has 1 aliphatic rings. The summed E-state index contributed by atoms with van der Waals surface area (Å²) in [5, 5.41) is 28.1. The number of benzene rings is 5. The number of halogens is 2. The second-order valence-corrected chi connectivity index (χ2v) is 15.6. The van der Waals surface area contributed by atoms with Gasteiger partial charge >= 0.3 is 0 Å². The smallest absolute Gasteiger partial charge is 0.168 e. The van der Waals surface area contributed by atoms with Crippen LogP contribution in [0.25, 0.3) is 0 Å². The number of nitrogens with zero attached hydrogens (tertiary/aromatic N) is 3. The minimum atomic E-state index is -3.38. The molecule has 0 bridgehead atoms. The second kappa shape index (κ2) is 15.4. The molecule has 11 heteroatoms. The lowest BCUT2D eigenvalue weighted by Gasteiger charge is -2.35. The first-order valence-corrected chi connectivity index (χ1v) is 19.5. The van der Waals surface area contributed by atoms with E-state index in [0.29, 0.717) is 11.4 Å². The molecular weight excluding hydrogens is 693 g/mol. The highest BCUT2D eigenvalue weighted by atomic mass is 32.2. The highest BCUT2D eigenvalue weighted by Crippen LogP contribution is 2.40. The molecule has 1 aliphatic heterocycles. The molecule has 0 spiro atoms. The average Bonchev–Trinajstić information content (AvgIpc) is 3.62. The van der Waals surface area contributed by atoms with Gasteiger partial charge in [-0.2, -0.15) is 9.90 Å². The van der Waals surface area contributed by atoms with E-state index < -0.39 is 45.2 Å². The van der Waals surface area contributed by atoms with Gasteiger partial charge in [-0.15, -0.1) is 5.10 Å². The minimum Gasteiger partial charge on any atom is -0.390 e. The fourth-order valence-electron chi connectivity index (χ4n) is 7.37. The Labute approximate surface area is 308 Å². The molecular formula is C42H41F2N5O3S. The minimum absolute atomic E-state index is 0.0123. The van der Waals surface area contributed by atoms with E-state index >= 15 is 0 Å². The van der Waals surface area contributed by atoms with E-state index in [1.54, 1.807) is 11.0 Å². The van der Waals surface area contributed by atoms with Gasteiger partial charge in [0, 0.05) is 18.7 Å². The molecule has 7 rings (SSSR count). The van der Waals surface area contributed by atoms with Crippen molar-refractivity contribution in [3.8, 4) is 0 Å². The van der Waals surface area contributed by atoms with Crippen LogP contribution in [0.4, 0.5) is 14.6 Å². The van der Waals surface area contributed by atoms with Crippen LogP contribution in [0.1, 0.15) is 51.9 Å². The molecule has 8 nitrogen and oxygen atoms in total. The molecule has 53 heavy (non-hydrogen) atoms. The van der Waals surface area contributed by atoms with Gasteiger partial charge < -0.3 is 15.7 Å². The number of sulfone groups is 1. The quantitative estimate of drug-likeness (QED) is 0.115. The van der Waals surface area contributed by atoms with E-state index in [1.165, 1.54) is 12.1 Å². The van der Waals surface area contributed by atoms with Crippen molar-refractivity contribution in [3.63, 3.8) is 0 Å². The maximum Gasteiger partial charge on any atom is 0.168 e. The summed E-state index contributed by atoms with van der Waals surface area (Å²) in [5.41, 5.74) is 4.83. The number of aliphatic hydroxyl groups excluding tert-OH is 1. The molecule has 3 unspecified atom stereocenters. The van der Waals surface area contributed by atoms with Gasteiger partial charge in [0.05, 0.1) is 29.8 Å². The summed E-state index contributed by atoms with van der Waals surface area (Å²) in [4.78, 5) is 1.65. The maximum atomic E-state index is 14.4. The summed E-state index contributed by atoms with van der Waals surface area (Å²) in [5.74, 6) is -1.27. The summed E-state index contributed by atoms with van der Waals surface area (Å²) >= 11 is 0. The summed E-state index contributed by atoms with van der Waals surface area (Å²) in [6.45, 7) is 2.03. The summed E-state index contributed by atoms with van der Waals surface area (Å²) in [6.07, 6.45) is 1.26. The number of aliphatic hydroxyl groups is 1. The molecule has 5 aromatic carbocycles. The number of aromatic nitrogens is 3. The first kappa shape index (κ1) is 36.1. The zero-order valence-corrected chi connectivity index (χ0v) is 30.1. The van der Waals surface area contributed by atoms with Crippen LogP contribution >= 0.6 is 0 Å². The summed E-state index contributed by atoms with van der Waals surface area (Å²) in [6, 6.07) is 37.6. The van der Waals surface area contributed by atoms with E-state index in [9.17, 15) is 22.3 Å². The number of hydrogen-bond acceptors (Lipinski definition) is 7. The maximum absolute atomic E-state index is 14.4. The third kappa shape index (κ3) is 7.78. The van der Waals surface area contributed by atoms with E-state index in [4.69, 9.17) is 10.2 Å². The first-order valence-electron chi connectivity index (χ1n) is 17.7. The largest absolute Gasteiger partial charge is 0.390 e.